The number of methoxy groups -OCH3 is 1. The summed E-state index contributed by atoms with van der Waals surface area (Å²) in [6, 6.07) is 5.55. The van der Waals surface area contributed by atoms with E-state index in [1.54, 1.807) is 18.1 Å². The first-order valence-corrected chi connectivity index (χ1v) is 6.34. The Labute approximate surface area is 110 Å². The van der Waals surface area contributed by atoms with Crippen LogP contribution >= 0.6 is 22.6 Å². The second kappa shape index (κ2) is 6.08. The fourth-order valence-electron chi connectivity index (χ4n) is 1.48. The summed E-state index contributed by atoms with van der Waals surface area (Å²) in [6.45, 7) is 5.41. The molecule has 4 heteroatoms. The van der Waals surface area contributed by atoms with Gasteiger partial charge in [0.15, 0.2) is 0 Å². The Morgan fingerprint density at radius 1 is 1.38 bits per heavy atom. The molecule has 1 aromatic carbocycles. The van der Waals surface area contributed by atoms with Crippen molar-refractivity contribution in [3.63, 3.8) is 0 Å². The van der Waals surface area contributed by atoms with Gasteiger partial charge in [-0.15, -0.1) is 0 Å². The fraction of sp³-hybridized carbons (Fsp3) is 0.417. The van der Waals surface area contributed by atoms with Crippen LogP contribution < -0.4 is 4.74 Å². The molecule has 16 heavy (non-hydrogen) atoms. The molecule has 0 aliphatic carbocycles. The quantitative estimate of drug-likeness (QED) is 0.793. The molecule has 1 aromatic rings. The van der Waals surface area contributed by atoms with Gasteiger partial charge < -0.3 is 9.64 Å². The molecule has 88 valence electrons. The van der Waals surface area contributed by atoms with E-state index in [2.05, 4.69) is 22.6 Å². The molecule has 0 saturated heterocycles. The van der Waals surface area contributed by atoms with Crippen molar-refractivity contribution >= 4 is 28.5 Å². The molecule has 0 bridgehead atoms. The van der Waals surface area contributed by atoms with E-state index in [1.165, 1.54) is 0 Å². The first-order valence-electron chi connectivity index (χ1n) is 5.26. The number of benzene rings is 1. The number of carbonyl (C=O) groups excluding carboxylic acids is 1. The lowest BCUT2D eigenvalue weighted by Crippen LogP contribution is -2.31. The Balaban J connectivity index is 3.06. The number of hydrogen-bond donors (Lipinski definition) is 0. The molecular weight excluding hydrogens is 317 g/mol. The minimum atomic E-state index is 0.0632. The van der Waals surface area contributed by atoms with E-state index in [0.29, 0.717) is 5.56 Å². The van der Waals surface area contributed by atoms with Gasteiger partial charge >= 0.3 is 0 Å². The van der Waals surface area contributed by atoms with Crippen molar-refractivity contribution in [3.8, 4) is 5.75 Å². The predicted octanol–water partition coefficient (Wildman–Crippen LogP) is 2.78. The highest BCUT2D eigenvalue weighted by atomic mass is 127. The monoisotopic (exact) mass is 333 g/mol. The maximum absolute atomic E-state index is 12.2. The summed E-state index contributed by atoms with van der Waals surface area (Å²) in [5.41, 5.74) is 0.712. The van der Waals surface area contributed by atoms with E-state index in [0.717, 1.165) is 22.4 Å². The van der Waals surface area contributed by atoms with Crippen molar-refractivity contribution in [2.75, 3.05) is 20.2 Å². The molecule has 0 aliphatic rings. The highest BCUT2D eigenvalue weighted by Gasteiger charge is 2.16. The van der Waals surface area contributed by atoms with Crippen LogP contribution in [-0.4, -0.2) is 31.0 Å². The second-order valence-electron chi connectivity index (χ2n) is 3.32. The van der Waals surface area contributed by atoms with Gasteiger partial charge in [0.2, 0.25) is 0 Å². The van der Waals surface area contributed by atoms with Crippen LogP contribution in [-0.2, 0) is 0 Å². The summed E-state index contributed by atoms with van der Waals surface area (Å²) in [5.74, 6) is 0.782. The predicted molar refractivity (Wildman–Crippen MR) is 73.0 cm³/mol. The number of nitrogens with zero attached hydrogens (tertiary/aromatic N) is 1. The van der Waals surface area contributed by atoms with Gasteiger partial charge in [0, 0.05) is 16.7 Å². The second-order valence-corrected chi connectivity index (χ2v) is 4.49. The Hall–Kier alpha value is -0.780. The summed E-state index contributed by atoms with van der Waals surface area (Å²) < 4.78 is 6.09. The van der Waals surface area contributed by atoms with Crippen LogP contribution in [0.15, 0.2) is 18.2 Å². The summed E-state index contributed by atoms with van der Waals surface area (Å²) >= 11 is 2.17. The first kappa shape index (κ1) is 13.3. The van der Waals surface area contributed by atoms with Gasteiger partial charge in [-0.3, -0.25) is 4.79 Å². The van der Waals surface area contributed by atoms with Gasteiger partial charge in [-0.2, -0.15) is 0 Å². The van der Waals surface area contributed by atoms with Crippen LogP contribution in [0, 0.1) is 3.57 Å². The number of ether oxygens (including phenoxy) is 1. The first-order chi connectivity index (χ1) is 7.63. The van der Waals surface area contributed by atoms with Crippen LogP contribution in [0.2, 0.25) is 0 Å². The van der Waals surface area contributed by atoms with E-state index in [-0.39, 0.29) is 5.91 Å². The minimum Gasteiger partial charge on any atom is -0.497 e. The lowest BCUT2D eigenvalue weighted by Gasteiger charge is -2.19. The molecule has 0 unspecified atom stereocenters. The Bertz CT molecular complexity index is 375. The molecule has 0 saturated carbocycles. The molecule has 0 radical (unpaired) electrons. The van der Waals surface area contributed by atoms with E-state index in [4.69, 9.17) is 4.74 Å². The Morgan fingerprint density at radius 3 is 2.50 bits per heavy atom. The van der Waals surface area contributed by atoms with Crippen LogP contribution in [0.5, 0.6) is 5.75 Å². The number of amides is 1. The van der Waals surface area contributed by atoms with Gasteiger partial charge in [0.25, 0.3) is 5.91 Å². The van der Waals surface area contributed by atoms with E-state index in [9.17, 15) is 4.79 Å². The molecule has 0 heterocycles. The molecule has 0 aliphatic heterocycles. The zero-order valence-electron chi connectivity index (χ0n) is 9.79. The lowest BCUT2D eigenvalue weighted by molar-refractivity contribution is 0.0771. The molecule has 0 N–H and O–H groups in total. The van der Waals surface area contributed by atoms with Gasteiger partial charge in [-0.25, -0.2) is 0 Å². The van der Waals surface area contributed by atoms with Crippen molar-refractivity contribution in [1.82, 2.24) is 4.90 Å². The van der Waals surface area contributed by atoms with Gasteiger partial charge in [-0.05, 0) is 54.6 Å². The van der Waals surface area contributed by atoms with Gasteiger partial charge in [0.1, 0.15) is 5.75 Å². The lowest BCUT2D eigenvalue weighted by atomic mass is 10.2. The van der Waals surface area contributed by atoms with Gasteiger partial charge in [0.05, 0.1) is 12.7 Å². The summed E-state index contributed by atoms with van der Waals surface area (Å²) in [4.78, 5) is 14.0. The number of hydrogen-bond acceptors (Lipinski definition) is 2. The molecule has 1 rings (SSSR count). The fourth-order valence-corrected chi connectivity index (χ4v) is 2.04. The topological polar surface area (TPSA) is 29.5 Å². The van der Waals surface area contributed by atoms with Crippen LogP contribution in [0.25, 0.3) is 0 Å². The average Bonchev–Trinajstić information content (AvgIpc) is 2.31. The van der Waals surface area contributed by atoms with Crippen LogP contribution in [0.3, 0.4) is 0 Å². The normalized spacial score (nSPS) is 10.0. The molecular formula is C12H16INO2. The van der Waals surface area contributed by atoms with E-state index in [1.807, 2.05) is 26.0 Å². The number of rotatable bonds is 4. The van der Waals surface area contributed by atoms with Crippen molar-refractivity contribution in [2.45, 2.75) is 13.8 Å². The third kappa shape index (κ3) is 2.87. The maximum Gasteiger partial charge on any atom is 0.255 e. The van der Waals surface area contributed by atoms with E-state index >= 15 is 0 Å². The van der Waals surface area contributed by atoms with Crippen molar-refractivity contribution < 1.29 is 9.53 Å². The van der Waals surface area contributed by atoms with Gasteiger partial charge in [-0.1, -0.05) is 0 Å². The summed E-state index contributed by atoms with van der Waals surface area (Å²) in [7, 11) is 1.61. The minimum absolute atomic E-state index is 0.0632. The SMILES string of the molecule is CCN(CC)C(=O)c1cc(OC)ccc1I. The zero-order valence-corrected chi connectivity index (χ0v) is 11.9. The molecule has 0 spiro atoms. The maximum atomic E-state index is 12.2. The molecule has 0 fully saturated rings. The molecule has 3 nitrogen and oxygen atoms in total. The third-order valence-corrected chi connectivity index (χ3v) is 3.40. The highest BCUT2D eigenvalue weighted by Crippen LogP contribution is 2.20. The number of halogens is 1. The Morgan fingerprint density at radius 2 is 2.00 bits per heavy atom. The molecule has 0 aromatic heterocycles. The van der Waals surface area contributed by atoms with Crippen molar-refractivity contribution in [2.24, 2.45) is 0 Å². The zero-order chi connectivity index (χ0) is 12.1. The van der Waals surface area contributed by atoms with Crippen molar-refractivity contribution in [3.05, 3.63) is 27.3 Å². The smallest absolute Gasteiger partial charge is 0.255 e. The van der Waals surface area contributed by atoms with E-state index < -0.39 is 0 Å². The summed E-state index contributed by atoms with van der Waals surface area (Å²) in [5, 5.41) is 0. The highest BCUT2D eigenvalue weighted by molar-refractivity contribution is 14.1. The standard InChI is InChI=1S/C12H16INO2/c1-4-14(5-2)12(15)10-8-9(16-3)6-7-11(10)13/h6-8H,4-5H2,1-3H3. The average molecular weight is 333 g/mol. The molecule has 1 amide bonds. The summed E-state index contributed by atoms with van der Waals surface area (Å²) in [6.07, 6.45) is 0. The molecule has 0 atom stereocenters. The van der Waals surface area contributed by atoms with Crippen LogP contribution in [0.4, 0.5) is 0 Å². The Kier molecular flexibility index (Phi) is 5.05. The number of carbonyl (C=O) groups is 1. The van der Waals surface area contributed by atoms with Crippen molar-refractivity contribution in [1.29, 1.82) is 0 Å². The largest absolute Gasteiger partial charge is 0.497 e. The third-order valence-electron chi connectivity index (χ3n) is 2.45. The van der Waals surface area contributed by atoms with Crippen LogP contribution in [0.1, 0.15) is 24.2 Å².